The van der Waals surface area contributed by atoms with Crippen LogP contribution in [0.4, 0.5) is 4.79 Å². The van der Waals surface area contributed by atoms with Gasteiger partial charge in [0.2, 0.25) is 0 Å². The number of likely N-dealkylation sites (tertiary alicyclic amines) is 1. The summed E-state index contributed by atoms with van der Waals surface area (Å²) in [5, 5.41) is 14.7. The quantitative estimate of drug-likeness (QED) is 0.733. The lowest BCUT2D eigenvalue weighted by Gasteiger charge is -2.39. The minimum atomic E-state index is -1.01. The van der Waals surface area contributed by atoms with Gasteiger partial charge in [0.05, 0.1) is 25.9 Å². The van der Waals surface area contributed by atoms with E-state index in [1.165, 1.54) is 0 Å². The molecule has 0 bridgehead atoms. The van der Waals surface area contributed by atoms with Gasteiger partial charge in [0, 0.05) is 29.2 Å². The number of halogens is 1. The average molecular weight is 433 g/mol. The van der Waals surface area contributed by atoms with Crippen molar-refractivity contribution in [3.63, 3.8) is 0 Å². The highest BCUT2D eigenvalue weighted by Crippen LogP contribution is 2.37. The Labute approximate surface area is 182 Å². The number of carbonyl (C=O) groups excluding carboxylic acids is 1. The van der Waals surface area contributed by atoms with Crippen LogP contribution in [0.15, 0.2) is 36.4 Å². The van der Waals surface area contributed by atoms with Crippen molar-refractivity contribution in [2.24, 2.45) is 0 Å². The third kappa shape index (κ3) is 4.35. The van der Waals surface area contributed by atoms with Gasteiger partial charge in [-0.1, -0.05) is 35.9 Å². The summed E-state index contributed by atoms with van der Waals surface area (Å²) < 4.78 is 10.8. The van der Waals surface area contributed by atoms with Gasteiger partial charge < -0.3 is 24.8 Å². The van der Waals surface area contributed by atoms with Crippen LogP contribution in [0.3, 0.4) is 0 Å². The van der Waals surface area contributed by atoms with Gasteiger partial charge in [-0.3, -0.25) is 0 Å². The molecule has 162 valence electrons. The molecule has 2 aromatic carbocycles. The molecule has 3 rings (SSSR count). The van der Waals surface area contributed by atoms with Gasteiger partial charge in [-0.05, 0) is 44.4 Å². The first kappa shape index (κ1) is 22.2. The van der Waals surface area contributed by atoms with E-state index >= 15 is 0 Å². The minimum Gasteiger partial charge on any atom is -0.493 e. The van der Waals surface area contributed by atoms with Crippen molar-refractivity contribution in [3.8, 4) is 11.5 Å². The number of hydrogen-bond donors (Lipinski definition) is 2. The lowest BCUT2D eigenvalue weighted by Crippen LogP contribution is -2.49. The van der Waals surface area contributed by atoms with Crippen molar-refractivity contribution in [2.45, 2.75) is 38.3 Å². The van der Waals surface area contributed by atoms with Crippen molar-refractivity contribution >= 4 is 17.6 Å². The molecule has 1 fully saturated rings. The SMILES string of the molecule is COc1ccc(C(C)NC(=O)N2CCC(O)(c3ccccc3Cl)CC2)c(C)c1OC. The van der Waals surface area contributed by atoms with Crippen LogP contribution < -0.4 is 14.8 Å². The summed E-state index contributed by atoms with van der Waals surface area (Å²) in [7, 11) is 3.20. The van der Waals surface area contributed by atoms with Gasteiger partial charge in [-0.15, -0.1) is 0 Å². The van der Waals surface area contributed by atoms with E-state index in [1.807, 2.05) is 44.2 Å². The van der Waals surface area contributed by atoms with Crippen molar-refractivity contribution in [3.05, 3.63) is 58.1 Å². The van der Waals surface area contributed by atoms with Gasteiger partial charge in [0.15, 0.2) is 11.5 Å². The second kappa shape index (κ2) is 9.14. The predicted molar refractivity (Wildman–Crippen MR) is 117 cm³/mol. The van der Waals surface area contributed by atoms with Crippen LogP contribution in [0.5, 0.6) is 11.5 Å². The van der Waals surface area contributed by atoms with Crippen LogP contribution in [-0.4, -0.2) is 43.3 Å². The van der Waals surface area contributed by atoms with E-state index in [2.05, 4.69) is 5.32 Å². The standard InChI is InChI=1S/C23H29ClN2O4/c1-15-17(9-10-20(29-3)21(15)30-4)16(2)25-22(27)26-13-11-23(28,12-14-26)18-7-5-6-8-19(18)24/h5-10,16,28H,11-14H2,1-4H3,(H,25,27). The molecule has 0 radical (unpaired) electrons. The molecule has 1 aliphatic rings. The van der Waals surface area contributed by atoms with Gasteiger partial charge in [0.1, 0.15) is 0 Å². The molecule has 1 aliphatic heterocycles. The van der Waals surface area contributed by atoms with Crippen LogP contribution in [0.2, 0.25) is 5.02 Å². The molecule has 2 N–H and O–H groups in total. The number of urea groups is 1. The highest BCUT2D eigenvalue weighted by atomic mass is 35.5. The normalized spacial score (nSPS) is 16.7. The number of nitrogens with zero attached hydrogens (tertiary/aromatic N) is 1. The molecule has 0 saturated carbocycles. The Bertz CT molecular complexity index is 910. The Kier molecular flexibility index (Phi) is 6.78. The second-order valence-corrected chi connectivity index (χ2v) is 8.09. The third-order valence-electron chi connectivity index (χ3n) is 5.90. The van der Waals surface area contributed by atoms with Crippen molar-refractivity contribution in [2.75, 3.05) is 27.3 Å². The highest BCUT2D eigenvalue weighted by molar-refractivity contribution is 6.31. The molecule has 6 nitrogen and oxygen atoms in total. The van der Waals surface area contributed by atoms with Crippen molar-refractivity contribution in [1.82, 2.24) is 10.2 Å². The summed E-state index contributed by atoms with van der Waals surface area (Å²) in [5.41, 5.74) is 1.60. The number of rotatable bonds is 5. The van der Waals surface area contributed by atoms with E-state index in [4.69, 9.17) is 21.1 Å². The number of ether oxygens (including phenoxy) is 2. The minimum absolute atomic E-state index is 0.155. The molecule has 2 amide bonds. The molecule has 7 heteroatoms. The van der Waals surface area contributed by atoms with Crippen LogP contribution in [0.1, 0.15) is 42.5 Å². The summed E-state index contributed by atoms with van der Waals surface area (Å²) in [6.45, 7) is 4.79. The number of benzene rings is 2. The molecule has 1 atom stereocenters. The van der Waals surface area contributed by atoms with Gasteiger partial charge in [-0.25, -0.2) is 4.79 Å². The molecule has 0 aliphatic carbocycles. The van der Waals surface area contributed by atoms with E-state index < -0.39 is 5.60 Å². The third-order valence-corrected chi connectivity index (χ3v) is 6.22. The average Bonchev–Trinajstić information content (AvgIpc) is 2.73. The van der Waals surface area contributed by atoms with Gasteiger partial charge in [0.25, 0.3) is 0 Å². The summed E-state index contributed by atoms with van der Waals surface area (Å²) in [4.78, 5) is 14.6. The summed E-state index contributed by atoms with van der Waals surface area (Å²) in [6, 6.07) is 10.8. The molecule has 30 heavy (non-hydrogen) atoms. The Balaban J connectivity index is 1.66. The number of amides is 2. The summed E-state index contributed by atoms with van der Waals surface area (Å²) in [6.07, 6.45) is 0.877. The molecule has 0 aromatic heterocycles. The maximum atomic E-state index is 12.8. The van der Waals surface area contributed by atoms with Crippen LogP contribution in [0, 0.1) is 6.92 Å². The topological polar surface area (TPSA) is 71.0 Å². The first-order valence-electron chi connectivity index (χ1n) is 10.0. The fraction of sp³-hybridized carbons (Fsp3) is 0.435. The number of aliphatic hydroxyl groups is 1. The van der Waals surface area contributed by atoms with E-state index in [9.17, 15) is 9.90 Å². The second-order valence-electron chi connectivity index (χ2n) is 7.68. The maximum absolute atomic E-state index is 12.8. The number of hydrogen-bond acceptors (Lipinski definition) is 4. The predicted octanol–water partition coefficient (Wildman–Crippen LogP) is 4.42. The number of methoxy groups -OCH3 is 2. The van der Waals surface area contributed by atoms with Crippen LogP contribution in [0.25, 0.3) is 0 Å². The van der Waals surface area contributed by atoms with Gasteiger partial charge in [-0.2, -0.15) is 0 Å². The lowest BCUT2D eigenvalue weighted by molar-refractivity contribution is -0.0168. The van der Waals surface area contributed by atoms with Crippen LogP contribution in [-0.2, 0) is 5.60 Å². The highest BCUT2D eigenvalue weighted by Gasteiger charge is 2.37. The van der Waals surface area contributed by atoms with E-state index in [-0.39, 0.29) is 12.1 Å². The van der Waals surface area contributed by atoms with Crippen molar-refractivity contribution in [1.29, 1.82) is 0 Å². The summed E-state index contributed by atoms with van der Waals surface area (Å²) >= 11 is 6.27. The Hall–Kier alpha value is -2.44. The number of nitrogens with one attached hydrogen (secondary N) is 1. The molecular formula is C23H29ClN2O4. The zero-order valence-electron chi connectivity index (χ0n) is 17.9. The largest absolute Gasteiger partial charge is 0.493 e. The van der Waals surface area contributed by atoms with E-state index in [1.54, 1.807) is 25.2 Å². The molecule has 1 saturated heterocycles. The first-order chi connectivity index (χ1) is 14.3. The Morgan fingerprint density at radius 2 is 1.83 bits per heavy atom. The molecule has 1 unspecified atom stereocenters. The van der Waals surface area contributed by atoms with E-state index in [0.717, 1.165) is 16.7 Å². The smallest absolute Gasteiger partial charge is 0.317 e. The maximum Gasteiger partial charge on any atom is 0.317 e. The molecular weight excluding hydrogens is 404 g/mol. The lowest BCUT2D eigenvalue weighted by atomic mass is 9.84. The molecule has 0 spiro atoms. The number of piperidine rings is 1. The van der Waals surface area contributed by atoms with E-state index in [0.29, 0.717) is 42.5 Å². The fourth-order valence-corrected chi connectivity index (χ4v) is 4.42. The zero-order chi connectivity index (χ0) is 21.9. The zero-order valence-corrected chi connectivity index (χ0v) is 18.6. The molecule has 1 heterocycles. The number of carbonyl (C=O) groups is 1. The monoisotopic (exact) mass is 432 g/mol. The fourth-order valence-electron chi connectivity index (χ4n) is 4.11. The van der Waals surface area contributed by atoms with Crippen LogP contribution >= 0.6 is 11.6 Å². The molecule has 2 aromatic rings. The Morgan fingerprint density at radius 1 is 1.17 bits per heavy atom. The first-order valence-corrected chi connectivity index (χ1v) is 10.4. The van der Waals surface area contributed by atoms with Crippen molar-refractivity contribution < 1.29 is 19.4 Å². The van der Waals surface area contributed by atoms with Gasteiger partial charge >= 0.3 is 6.03 Å². The Morgan fingerprint density at radius 3 is 2.43 bits per heavy atom. The summed E-state index contributed by atoms with van der Waals surface area (Å²) in [5.74, 6) is 1.33.